The van der Waals surface area contributed by atoms with Gasteiger partial charge < -0.3 is 34.0 Å². The summed E-state index contributed by atoms with van der Waals surface area (Å²) < 4.78 is 68.9. The maximum absolute atomic E-state index is 12.9. The van der Waals surface area contributed by atoms with Gasteiger partial charge in [0.2, 0.25) is 0 Å². The number of carbonyl (C=O) groups excluding carboxylic acids is 2. The number of ether oxygens (including phenoxy) is 3. The van der Waals surface area contributed by atoms with Crippen molar-refractivity contribution in [2.75, 3.05) is 17.2 Å². The first kappa shape index (κ1) is 40.6. The molecule has 2 aromatic heterocycles. The first-order valence-electron chi connectivity index (χ1n) is 16.1. The lowest BCUT2D eigenvalue weighted by atomic mass is 10.1. The fraction of sp³-hybridized carbons (Fsp3) is 0.211. The molecule has 4 aromatic carbocycles. The molecule has 0 radical (unpaired) electrons. The molecule has 9 nitrogen and oxygen atoms in total. The molecule has 7 rings (SSSR count). The lowest BCUT2D eigenvalue weighted by molar-refractivity contribution is -0.0810. The number of nitrogens with zero attached hydrogens (tertiary/aromatic N) is 3. The van der Waals surface area contributed by atoms with Crippen molar-refractivity contribution in [1.82, 2.24) is 9.13 Å². The number of anilines is 2. The van der Waals surface area contributed by atoms with Gasteiger partial charge in [0.05, 0.1) is 18.7 Å². The first-order valence-corrected chi connectivity index (χ1v) is 18.8. The van der Waals surface area contributed by atoms with Gasteiger partial charge in [-0.15, -0.1) is 0 Å². The van der Waals surface area contributed by atoms with Crippen molar-refractivity contribution in [1.29, 1.82) is 0 Å². The summed E-state index contributed by atoms with van der Waals surface area (Å²) in [6.07, 6.45) is 3.99. The molecule has 0 spiro atoms. The molecule has 0 unspecified atom stereocenters. The van der Waals surface area contributed by atoms with Crippen LogP contribution in [0.25, 0.3) is 21.8 Å². The summed E-state index contributed by atoms with van der Waals surface area (Å²) in [5.74, 6) is -0.983. The standard InChI is InChI=1S/C18H13BrF2N2O2.C11H10Br2F2O3.C9H10N2/c1-22-7-6-11-8-13(3-5-16(11)22)23-10-12-2-4-14(25-18(19,20)21)9-15(12)17(23)24;1-2-17-10(16)9-5-8(18-11(13,14)15)4-3-7(9)6-12;1-11-5-4-7-6-8(10)2-3-9(7)11/h2-9H,10H2,1H3;3-5H,2,6H2,1H3;2-6H,10H2,1H3. The SMILES string of the molecule is CCOC(=O)c1cc(OC(F)(F)Br)ccc1CBr.Cn1ccc2cc(N)ccc21.Cn1ccc2cc(N3Cc4ccc(OC(F)(F)Br)cc4C3=O)ccc21. The van der Waals surface area contributed by atoms with Crippen LogP contribution in [0.2, 0.25) is 0 Å². The van der Waals surface area contributed by atoms with Crippen molar-refractivity contribution >= 4 is 92.8 Å². The molecule has 16 heteroatoms. The van der Waals surface area contributed by atoms with Crippen molar-refractivity contribution in [3.63, 3.8) is 0 Å². The Morgan fingerprint density at radius 3 is 1.96 bits per heavy atom. The zero-order valence-electron chi connectivity index (χ0n) is 29.0. The molecule has 0 bridgehead atoms. The van der Waals surface area contributed by atoms with E-state index in [2.05, 4.69) is 67.9 Å². The fourth-order valence-corrected chi connectivity index (χ4v) is 6.55. The molecule has 0 saturated carbocycles. The molecule has 0 saturated heterocycles. The lowest BCUT2D eigenvalue weighted by Gasteiger charge is -2.16. The number of esters is 1. The summed E-state index contributed by atoms with van der Waals surface area (Å²) in [6.45, 7) is 2.27. The van der Waals surface area contributed by atoms with Crippen molar-refractivity contribution in [2.45, 2.75) is 28.8 Å². The van der Waals surface area contributed by atoms with Gasteiger partial charge in [0, 0.05) is 102 Å². The van der Waals surface area contributed by atoms with Crippen LogP contribution in [0.5, 0.6) is 11.5 Å². The van der Waals surface area contributed by atoms with Gasteiger partial charge in [-0.3, -0.25) is 4.79 Å². The van der Waals surface area contributed by atoms with Crippen LogP contribution in [-0.2, 0) is 30.7 Å². The van der Waals surface area contributed by atoms with Gasteiger partial charge in [-0.25, -0.2) is 4.79 Å². The number of nitrogens with two attached hydrogens (primary N) is 1. The molecule has 284 valence electrons. The van der Waals surface area contributed by atoms with E-state index < -0.39 is 16.0 Å². The van der Waals surface area contributed by atoms with Crippen LogP contribution in [-0.4, -0.2) is 37.7 Å². The van der Waals surface area contributed by atoms with Crippen LogP contribution in [0, 0.1) is 0 Å². The average molecular weight is 941 g/mol. The minimum absolute atomic E-state index is 0.0608. The minimum Gasteiger partial charge on any atom is -0.462 e. The van der Waals surface area contributed by atoms with Crippen molar-refractivity contribution in [3.8, 4) is 11.5 Å². The fourth-order valence-electron chi connectivity index (χ4n) is 5.69. The van der Waals surface area contributed by atoms with E-state index in [-0.39, 0.29) is 29.6 Å². The van der Waals surface area contributed by atoms with Crippen LogP contribution >= 0.6 is 47.8 Å². The minimum atomic E-state index is -3.48. The number of halogens is 7. The normalized spacial score (nSPS) is 12.5. The van der Waals surface area contributed by atoms with Crippen LogP contribution in [0.1, 0.15) is 38.8 Å². The maximum Gasteiger partial charge on any atom is 0.459 e. The predicted octanol–water partition coefficient (Wildman–Crippen LogP) is 10.5. The van der Waals surface area contributed by atoms with E-state index in [4.69, 9.17) is 10.5 Å². The Balaban J connectivity index is 0.000000169. The molecule has 6 aromatic rings. The van der Waals surface area contributed by atoms with E-state index in [0.29, 0.717) is 23.0 Å². The number of fused-ring (bicyclic) bond motifs is 3. The molecule has 1 aliphatic rings. The van der Waals surface area contributed by atoms with Gasteiger partial charge in [0.25, 0.3) is 5.91 Å². The summed E-state index contributed by atoms with van der Waals surface area (Å²) in [7, 11) is 3.98. The Morgan fingerprint density at radius 2 is 1.37 bits per heavy atom. The van der Waals surface area contributed by atoms with E-state index in [1.807, 2.05) is 73.5 Å². The summed E-state index contributed by atoms with van der Waals surface area (Å²) >= 11 is 7.40. The van der Waals surface area contributed by atoms with Crippen molar-refractivity contribution < 1.29 is 41.4 Å². The summed E-state index contributed by atoms with van der Waals surface area (Å²) in [5.41, 5.74) is 11.5. The van der Waals surface area contributed by atoms with Crippen LogP contribution in [0.4, 0.5) is 28.9 Å². The Morgan fingerprint density at radius 1 is 0.796 bits per heavy atom. The second-order valence-corrected chi connectivity index (χ2v) is 14.3. The van der Waals surface area contributed by atoms with E-state index in [9.17, 15) is 27.2 Å². The molecule has 0 fully saturated rings. The molecule has 0 aliphatic carbocycles. The van der Waals surface area contributed by atoms with Crippen LogP contribution in [0.3, 0.4) is 0 Å². The molecule has 1 aliphatic heterocycles. The third-order valence-electron chi connectivity index (χ3n) is 8.16. The third kappa shape index (κ3) is 10.2. The number of hydrogen-bond acceptors (Lipinski definition) is 6. The highest BCUT2D eigenvalue weighted by Crippen LogP contribution is 2.35. The predicted molar refractivity (Wildman–Crippen MR) is 211 cm³/mol. The smallest absolute Gasteiger partial charge is 0.459 e. The Bertz CT molecular complexity index is 2300. The number of benzene rings is 4. The average Bonchev–Trinajstić information content (AvgIpc) is 3.77. The summed E-state index contributed by atoms with van der Waals surface area (Å²) in [6, 6.07) is 24.3. The number of aromatic nitrogens is 2. The Kier molecular flexibility index (Phi) is 12.7. The highest BCUT2D eigenvalue weighted by molar-refractivity contribution is 9.10. The largest absolute Gasteiger partial charge is 0.462 e. The molecular weight excluding hydrogens is 908 g/mol. The van der Waals surface area contributed by atoms with Gasteiger partial charge >= 0.3 is 16.0 Å². The highest BCUT2D eigenvalue weighted by Gasteiger charge is 2.32. The number of hydrogen-bond donors (Lipinski definition) is 1. The number of rotatable bonds is 8. The van der Waals surface area contributed by atoms with Gasteiger partial charge in [0.1, 0.15) is 11.5 Å². The molecule has 0 atom stereocenters. The third-order valence-corrected chi connectivity index (χ3v) is 9.09. The van der Waals surface area contributed by atoms with Gasteiger partial charge in [-0.2, -0.15) is 17.6 Å². The second kappa shape index (κ2) is 16.9. The van der Waals surface area contributed by atoms with Gasteiger partial charge in [-0.1, -0.05) is 28.1 Å². The zero-order valence-corrected chi connectivity index (χ0v) is 33.7. The zero-order chi connectivity index (χ0) is 39.4. The van der Waals surface area contributed by atoms with Crippen molar-refractivity contribution in [3.05, 3.63) is 120 Å². The second-order valence-electron chi connectivity index (χ2n) is 11.9. The van der Waals surface area contributed by atoms with Gasteiger partial charge in [0.15, 0.2) is 0 Å². The van der Waals surface area contributed by atoms with Crippen LogP contribution in [0.15, 0.2) is 97.3 Å². The number of aryl methyl sites for hydroxylation is 2. The van der Waals surface area contributed by atoms with E-state index in [1.165, 1.54) is 41.2 Å². The van der Waals surface area contributed by atoms with Gasteiger partial charge in [-0.05, 0) is 90.8 Å². The molecule has 54 heavy (non-hydrogen) atoms. The summed E-state index contributed by atoms with van der Waals surface area (Å²) in [5, 5.41) is -4.30. The first-order chi connectivity index (χ1) is 25.5. The topological polar surface area (TPSA) is 101 Å². The number of nitrogen functional groups attached to an aromatic ring is 1. The molecule has 2 N–H and O–H groups in total. The molecular formula is C38H33Br3F4N4O5. The Labute approximate surface area is 332 Å². The van der Waals surface area contributed by atoms with E-state index >= 15 is 0 Å². The number of amides is 1. The van der Waals surface area contributed by atoms with E-state index in [0.717, 1.165) is 27.8 Å². The number of alkyl halides is 7. The summed E-state index contributed by atoms with van der Waals surface area (Å²) in [4.78, 5) is 26.0. The quantitative estimate of drug-likeness (QED) is 0.0706. The van der Waals surface area contributed by atoms with Crippen LogP contribution < -0.4 is 20.1 Å². The molecule has 3 heterocycles. The van der Waals surface area contributed by atoms with E-state index in [1.54, 1.807) is 17.9 Å². The Hall–Kier alpha value is -4.54. The maximum atomic E-state index is 12.9. The van der Waals surface area contributed by atoms with Crippen molar-refractivity contribution in [2.24, 2.45) is 14.1 Å². The monoisotopic (exact) mass is 938 g/mol. The molecule has 1 amide bonds. The lowest BCUT2D eigenvalue weighted by Crippen LogP contribution is -2.22. The number of carbonyl (C=O) groups is 2. The highest BCUT2D eigenvalue weighted by atomic mass is 79.9.